The van der Waals surface area contributed by atoms with Crippen LogP contribution in [0.1, 0.15) is 38.5 Å². The molecule has 0 atom stereocenters. The Morgan fingerprint density at radius 2 is 1.73 bits per heavy atom. The SMILES string of the molecule is [CH2]NC(=O)C1CCCCCC1. The van der Waals surface area contributed by atoms with Gasteiger partial charge in [-0.2, -0.15) is 0 Å². The molecule has 1 rings (SSSR count). The van der Waals surface area contributed by atoms with Crippen molar-refractivity contribution >= 4 is 5.91 Å². The summed E-state index contributed by atoms with van der Waals surface area (Å²) in [6.45, 7) is 0. The van der Waals surface area contributed by atoms with Crippen molar-refractivity contribution in [3.8, 4) is 0 Å². The summed E-state index contributed by atoms with van der Waals surface area (Å²) in [5.74, 6) is 0.377. The third-order valence-electron chi connectivity index (χ3n) is 2.40. The lowest BCUT2D eigenvalue weighted by atomic mass is 10.00. The summed E-state index contributed by atoms with van der Waals surface area (Å²) in [5.41, 5.74) is 0. The fourth-order valence-corrected chi connectivity index (χ4v) is 1.69. The van der Waals surface area contributed by atoms with Crippen molar-refractivity contribution in [1.29, 1.82) is 0 Å². The van der Waals surface area contributed by atoms with Gasteiger partial charge in [-0.05, 0) is 12.8 Å². The molecular weight excluding hydrogens is 138 g/mol. The first kappa shape index (κ1) is 8.57. The molecule has 2 nitrogen and oxygen atoms in total. The smallest absolute Gasteiger partial charge is 0.223 e. The Kier molecular flexibility index (Phi) is 3.40. The van der Waals surface area contributed by atoms with E-state index in [-0.39, 0.29) is 11.8 Å². The highest BCUT2D eigenvalue weighted by Crippen LogP contribution is 2.22. The number of nitrogens with one attached hydrogen (secondary N) is 1. The van der Waals surface area contributed by atoms with Gasteiger partial charge in [-0.15, -0.1) is 0 Å². The van der Waals surface area contributed by atoms with Gasteiger partial charge in [-0.3, -0.25) is 4.79 Å². The summed E-state index contributed by atoms with van der Waals surface area (Å²) in [4.78, 5) is 11.1. The van der Waals surface area contributed by atoms with Crippen LogP contribution in [0, 0.1) is 13.0 Å². The highest BCUT2D eigenvalue weighted by Gasteiger charge is 2.18. The van der Waals surface area contributed by atoms with Crippen LogP contribution >= 0.6 is 0 Å². The molecule has 1 saturated carbocycles. The summed E-state index contributed by atoms with van der Waals surface area (Å²) in [6, 6.07) is 0. The molecule has 1 radical (unpaired) electrons. The van der Waals surface area contributed by atoms with Crippen molar-refractivity contribution in [1.82, 2.24) is 5.32 Å². The highest BCUT2D eigenvalue weighted by molar-refractivity contribution is 5.78. The Balaban J connectivity index is 2.36. The fraction of sp³-hybridized carbons (Fsp3) is 0.778. The second kappa shape index (κ2) is 4.37. The van der Waals surface area contributed by atoms with E-state index >= 15 is 0 Å². The van der Waals surface area contributed by atoms with Crippen molar-refractivity contribution in [3.05, 3.63) is 7.05 Å². The predicted octanol–water partition coefficient (Wildman–Crippen LogP) is 1.86. The maximum Gasteiger partial charge on any atom is 0.223 e. The topological polar surface area (TPSA) is 29.1 Å². The fourth-order valence-electron chi connectivity index (χ4n) is 1.69. The minimum atomic E-state index is 0.131. The van der Waals surface area contributed by atoms with Crippen LogP contribution in [-0.4, -0.2) is 5.91 Å². The maximum atomic E-state index is 11.1. The molecule has 11 heavy (non-hydrogen) atoms. The van der Waals surface area contributed by atoms with Crippen molar-refractivity contribution < 1.29 is 4.79 Å². The molecule has 0 aromatic rings. The Morgan fingerprint density at radius 3 is 2.18 bits per heavy atom. The Morgan fingerprint density at radius 1 is 1.18 bits per heavy atom. The first-order chi connectivity index (χ1) is 5.34. The van der Waals surface area contributed by atoms with Gasteiger partial charge in [0.05, 0.1) is 0 Å². The Labute approximate surface area is 68.4 Å². The summed E-state index contributed by atoms with van der Waals surface area (Å²) in [7, 11) is 3.39. The first-order valence-electron chi connectivity index (χ1n) is 4.41. The second-order valence-corrected chi connectivity index (χ2v) is 3.23. The Bertz CT molecular complexity index is 126. The molecule has 0 saturated heterocycles. The molecule has 1 fully saturated rings. The van der Waals surface area contributed by atoms with Crippen LogP contribution in [-0.2, 0) is 4.79 Å². The quantitative estimate of drug-likeness (QED) is 0.574. The van der Waals surface area contributed by atoms with Gasteiger partial charge in [0.25, 0.3) is 0 Å². The predicted molar refractivity (Wildman–Crippen MR) is 44.7 cm³/mol. The van der Waals surface area contributed by atoms with Crippen LogP contribution in [0.25, 0.3) is 0 Å². The van der Waals surface area contributed by atoms with Crippen molar-refractivity contribution in [3.63, 3.8) is 0 Å². The molecule has 63 valence electrons. The van der Waals surface area contributed by atoms with Crippen molar-refractivity contribution in [2.24, 2.45) is 5.92 Å². The van der Waals surface area contributed by atoms with Crippen molar-refractivity contribution in [2.45, 2.75) is 38.5 Å². The summed E-state index contributed by atoms with van der Waals surface area (Å²) < 4.78 is 0. The van der Waals surface area contributed by atoms with Gasteiger partial charge in [-0.1, -0.05) is 25.7 Å². The molecule has 0 aliphatic heterocycles. The van der Waals surface area contributed by atoms with Crippen LogP contribution in [0.4, 0.5) is 0 Å². The van der Waals surface area contributed by atoms with Gasteiger partial charge in [0, 0.05) is 13.0 Å². The van der Waals surface area contributed by atoms with E-state index in [4.69, 9.17) is 0 Å². The number of hydrogen-bond acceptors (Lipinski definition) is 1. The molecule has 2 heteroatoms. The van der Waals surface area contributed by atoms with E-state index in [9.17, 15) is 4.79 Å². The molecule has 1 aliphatic rings. The summed E-state index contributed by atoms with van der Waals surface area (Å²) in [6.07, 6.45) is 7.11. The van der Waals surface area contributed by atoms with E-state index in [2.05, 4.69) is 12.4 Å². The van der Waals surface area contributed by atoms with Gasteiger partial charge in [0.1, 0.15) is 0 Å². The van der Waals surface area contributed by atoms with Gasteiger partial charge in [-0.25, -0.2) is 0 Å². The third-order valence-corrected chi connectivity index (χ3v) is 2.40. The lowest BCUT2D eigenvalue weighted by molar-refractivity contribution is -0.124. The van der Waals surface area contributed by atoms with E-state index in [0.29, 0.717) is 0 Å². The highest BCUT2D eigenvalue weighted by atomic mass is 16.1. The van der Waals surface area contributed by atoms with E-state index in [0.717, 1.165) is 12.8 Å². The minimum absolute atomic E-state index is 0.131. The molecule has 1 aliphatic carbocycles. The van der Waals surface area contributed by atoms with E-state index in [1.54, 1.807) is 0 Å². The zero-order valence-corrected chi connectivity index (χ0v) is 6.94. The molecule has 1 amide bonds. The zero-order chi connectivity index (χ0) is 8.10. The van der Waals surface area contributed by atoms with Crippen LogP contribution in [0.2, 0.25) is 0 Å². The van der Waals surface area contributed by atoms with Crippen LogP contribution in [0.5, 0.6) is 0 Å². The lowest BCUT2D eigenvalue weighted by Crippen LogP contribution is -2.25. The van der Waals surface area contributed by atoms with Crippen LogP contribution in [0.3, 0.4) is 0 Å². The van der Waals surface area contributed by atoms with Gasteiger partial charge in [0.2, 0.25) is 5.91 Å². The van der Waals surface area contributed by atoms with Crippen LogP contribution < -0.4 is 5.32 Å². The summed E-state index contributed by atoms with van der Waals surface area (Å²) in [5, 5.41) is 2.47. The number of hydrogen-bond donors (Lipinski definition) is 1. The second-order valence-electron chi connectivity index (χ2n) is 3.23. The van der Waals surface area contributed by atoms with Gasteiger partial charge < -0.3 is 5.32 Å². The molecule has 0 spiro atoms. The van der Waals surface area contributed by atoms with Gasteiger partial charge in [0.15, 0.2) is 0 Å². The van der Waals surface area contributed by atoms with Crippen LogP contribution in [0.15, 0.2) is 0 Å². The third kappa shape index (κ3) is 2.52. The van der Waals surface area contributed by atoms with E-state index in [1.165, 1.54) is 25.7 Å². The molecular formula is C9H16NO. The number of carbonyl (C=O) groups is 1. The first-order valence-corrected chi connectivity index (χ1v) is 4.41. The lowest BCUT2D eigenvalue weighted by Gasteiger charge is -2.10. The monoisotopic (exact) mass is 154 g/mol. The van der Waals surface area contributed by atoms with Gasteiger partial charge >= 0.3 is 0 Å². The molecule has 0 unspecified atom stereocenters. The molecule has 1 N–H and O–H groups in total. The number of amides is 1. The molecule has 0 heterocycles. The summed E-state index contributed by atoms with van der Waals surface area (Å²) >= 11 is 0. The minimum Gasteiger partial charge on any atom is -0.354 e. The standard InChI is InChI=1S/C9H16NO/c1-10-9(11)8-6-4-2-3-5-7-8/h8H,1-7H2,(H,10,11). The average Bonchev–Trinajstić information content (AvgIpc) is 2.30. The molecule has 0 aromatic heterocycles. The largest absolute Gasteiger partial charge is 0.354 e. The molecule has 0 aromatic carbocycles. The number of rotatable bonds is 1. The normalized spacial score (nSPS) is 20.8. The van der Waals surface area contributed by atoms with Crippen molar-refractivity contribution in [2.75, 3.05) is 0 Å². The van der Waals surface area contributed by atoms with E-state index < -0.39 is 0 Å². The average molecular weight is 154 g/mol. The maximum absolute atomic E-state index is 11.1. The number of carbonyl (C=O) groups excluding carboxylic acids is 1. The molecule has 0 bridgehead atoms. The zero-order valence-electron chi connectivity index (χ0n) is 6.94. The Hall–Kier alpha value is -0.530. The van der Waals surface area contributed by atoms with E-state index in [1.807, 2.05) is 0 Å².